The number of hydrogen-bond acceptors (Lipinski definition) is 4. The smallest absolute Gasteiger partial charge is 0.253 e. The van der Waals surface area contributed by atoms with Gasteiger partial charge in [-0.3, -0.25) is 19.2 Å². The highest BCUT2D eigenvalue weighted by molar-refractivity contribution is 5.96. The first-order valence-electron chi connectivity index (χ1n) is 11.8. The molecule has 4 amide bonds. The topological polar surface area (TPSA) is 98.8 Å². The van der Waals surface area contributed by atoms with Gasteiger partial charge in [0.2, 0.25) is 17.7 Å². The van der Waals surface area contributed by atoms with E-state index >= 15 is 0 Å². The number of carbonyl (C=O) groups excluding carboxylic acids is 4. The largest absolute Gasteiger partial charge is 0.354 e. The summed E-state index contributed by atoms with van der Waals surface area (Å²) in [6.07, 6.45) is 6.27. The average Bonchev–Trinajstić information content (AvgIpc) is 2.85. The number of carbonyl (C=O) groups is 4. The Labute approximate surface area is 188 Å². The molecule has 3 aliphatic rings. The second kappa shape index (κ2) is 10.1. The van der Waals surface area contributed by atoms with Crippen molar-refractivity contribution in [3.05, 3.63) is 35.9 Å². The van der Waals surface area contributed by atoms with E-state index in [1.54, 1.807) is 21.9 Å². The van der Waals surface area contributed by atoms with Crippen LogP contribution in [-0.4, -0.2) is 71.7 Å². The second-order valence-corrected chi connectivity index (χ2v) is 8.99. The van der Waals surface area contributed by atoms with Crippen LogP contribution in [0.4, 0.5) is 0 Å². The van der Waals surface area contributed by atoms with Crippen LogP contribution in [0.2, 0.25) is 0 Å². The van der Waals surface area contributed by atoms with Crippen LogP contribution in [0, 0.1) is 5.92 Å². The van der Waals surface area contributed by atoms with E-state index in [0.717, 1.165) is 38.5 Å². The van der Waals surface area contributed by atoms with Crippen molar-refractivity contribution in [2.24, 2.45) is 5.92 Å². The molecular formula is C24H32N4O4. The molecule has 8 nitrogen and oxygen atoms in total. The summed E-state index contributed by atoms with van der Waals surface area (Å²) >= 11 is 0. The Morgan fingerprint density at radius 3 is 2.41 bits per heavy atom. The highest BCUT2D eigenvalue weighted by Gasteiger charge is 2.40. The Morgan fingerprint density at radius 2 is 1.69 bits per heavy atom. The van der Waals surface area contributed by atoms with Crippen molar-refractivity contribution < 1.29 is 19.2 Å². The molecule has 1 aromatic rings. The van der Waals surface area contributed by atoms with Crippen molar-refractivity contribution in [1.82, 2.24) is 20.4 Å². The predicted molar refractivity (Wildman–Crippen MR) is 119 cm³/mol. The Balaban J connectivity index is 1.51. The fraction of sp³-hybridized carbons (Fsp3) is 0.583. The highest BCUT2D eigenvalue weighted by Crippen LogP contribution is 2.27. The summed E-state index contributed by atoms with van der Waals surface area (Å²) in [5, 5.41) is 5.62. The quantitative estimate of drug-likeness (QED) is 0.738. The maximum absolute atomic E-state index is 13.3. The number of amides is 4. The lowest BCUT2D eigenvalue weighted by Gasteiger charge is -2.42. The summed E-state index contributed by atoms with van der Waals surface area (Å²) in [5.74, 6) is -0.758. The fourth-order valence-electron chi connectivity index (χ4n) is 4.98. The van der Waals surface area contributed by atoms with E-state index in [9.17, 15) is 19.2 Å². The van der Waals surface area contributed by atoms with Crippen molar-refractivity contribution in [2.45, 2.75) is 57.0 Å². The molecule has 8 heteroatoms. The molecule has 0 bridgehead atoms. The van der Waals surface area contributed by atoms with Crippen molar-refractivity contribution in [1.29, 1.82) is 0 Å². The van der Waals surface area contributed by atoms with Crippen LogP contribution < -0.4 is 10.6 Å². The monoisotopic (exact) mass is 440 g/mol. The van der Waals surface area contributed by atoms with Gasteiger partial charge >= 0.3 is 0 Å². The zero-order valence-electron chi connectivity index (χ0n) is 18.4. The molecule has 2 aliphatic heterocycles. The van der Waals surface area contributed by atoms with Crippen molar-refractivity contribution in [3.8, 4) is 0 Å². The minimum Gasteiger partial charge on any atom is -0.354 e. The van der Waals surface area contributed by atoms with Gasteiger partial charge in [-0.2, -0.15) is 0 Å². The van der Waals surface area contributed by atoms with Crippen molar-refractivity contribution >= 4 is 23.6 Å². The summed E-state index contributed by atoms with van der Waals surface area (Å²) < 4.78 is 0. The molecule has 0 aromatic heterocycles. The lowest BCUT2D eigenvalue weighted by Crippen LogP contribution is -2.64. The number of piperidine rings is 1. The molecule has 1 aromatic carbocycles. The second-order valence-electron chi connectivity index (χ2n) is 8.99. The molecule has 2 unspecified atom stereocenters. The SMILES string of the molecule is O=C1NCCCC1NC(=O)C1CN(C(=O)c2ccccc2)CCN1C(=O)C1CCCCC1. The summed E-state index contributed by atoms with van der Waals surface area (Å²) in [6.45, 7) is 1.45. The van der Waals surface area contributed by atoms with Crippen molar-refractivity contribution in [2.75, 3.05) is 26.2 Å². The van der Waals surface area contributed by atoms with Crippen molar-refractivity contribution in [3.63, 3.8) is 0 Å². The summed E-state index contributed by atoms with van der Waals surface area (Å²) in [5.41, 5.74) is 0.561. The molecule has 2 heterocycles. The van der Waals surface area contributed by atoms with E-state index in [1.807, 2.05) is 18.2 Å². The Bertz CT molecular complexity index is 853. The zero-order valence-corrected chi connectivity index (χ0v) is 18.4. The average molecular weight is 441 g/mol. The normalized spacial score (nSPS) is 24.6. The third kappa shape index (κ3) is 4.95. The van der Waals surface area contributed by atoms with E-state index in [-0.39, 0.29) is 36.1 Å². The molecule has 2 saturated heterocycles. The molecule has 172 valence electrons. The molecular weight excluding hydrogens is 408 g/mol. The van der Waals surface area contributed by atoms with E-state index in [0.29, 0.717) is 31.6 Å². The minimum absolute atomic E-state index is 0.00440. The molecule has 1 saturated carbocycles. The lowest BCUT2D eigenvalue weighted by molar-refractivity contribution is -0.148. The minimum atomic E-state index is -0.791. The predicted octanol–water partition coefficient (Wildman–Crippen LogP) is 1.31. The molecule has 2 atom stereocenters. The van der Waals surface area contributed by atoms with Gasteiger partial charge in [-0.05, 0) is 37.8 Å². The summed E-state index contributed by atoms with van der Waals surface area (Å²) in [6, 6.07) is 7.59. The van der Waals surface area contributed by atoms with Crippen LogP contribution in [0.3, 0.4) is 0 Å². The number of nitrogens with one attached hydrogen (secondary N) is 2. The lowest BCUT2D eigenvalue weighted by atomic mass is 9.87. The van der Waals surface area contributed by atoms with Crippen LogP contribution >= 0.6 is 0 Å². The third-order valence-electron chi connectivity index (χ3n) is 6.83. The molecule has 4 rings (SSSR count). The Hall–Kier alpha value is -2.90. The summed E-state index contributed by atoms with van der Waals surface area (Å²) in [4.78, 5) is 55.1. The highest BCUT2D eigenvalue weighted by atomic mass is 16.2. The van der Waals surface area contributed by atoms with Gasteiger partial charge in [0, 0.05) is 31.1 Å². The number of benzene rings is 1. The van der Waals surface area contributed by atoms with Gasteiger partial charge in [-0.1, -0.05) is 37.5 Å². The third-order valence-corrected chi connectivity index (χ3v) is 6.83. The Kier molecular flexibility index (Phi) is 7.07. The summed E-state index contributed by atoms with van der Waals surface area (Å²) in [7, 11) is 0. The standard InChI is InChI=1S/C24H32N4O4/c29-21-19(12-7-13-25-21)26-22(30)20-16-27(23(31)17-8-3-1-4-9-17)14-15-28(20)24(32)18-10-5-2-6-11-18/h1,3-4,8-9,18-20H,2,5-7,10-16H2,(H,25,29)(H,26,30). The molecule has 0 radical (unpaired) electrons. The van der Waals surface area contributed by atoms with Gasteiger partial charge in [0.05, 0.1) is 6.54 Å². The van der Waals surface area contributed by atoms with Gasteiger partial charge in [0.25, 0.3) is 5.91 Å². The van der Waals surface area contributed by atoms with Crippen LogP contribution in [0.25, 0.3) is 0 Å². The first-order valence-corrected chi connectivity index (χ1v) is 11.8. The van der Waals surface area contributed by atoms with Gasteiger partial charge in [0.1, 0.15) is 12.1 Å². The van der Waals surface area contributed by atoms with Crippen LogP contribution in [0.15, 0.2) is 30.3 Å². The number of rotatable bonds is 4. The maximum atomic E-state index is 13.3. The number of piperazine rings is 1. The van der Waals surface area contributed by atoms with Crippen LogP contribution in [0.5, 0.6) is 0 Å². The zero-order chi connectivity index (χ0) is 22.5. The van der Waals surface area contributed by atoms with Crippen LogP contribution in [0.1, 0.15) is 55.3 Å². The molecule has 2 N–H and O–H groups in total. The Morgan fingerprint density at radius 1 is 0.938 bits per heavy atom. The van der Waals surface area contributed by atoms with E-state index in [4.69, 9.17) is 0 Å². The van der Waals surface area contributed by atoms with E-state index < -0.39 is 12.1 Å². The number of nitrogens with zero attached hydrogens (tertiary/aromatic N) is 2. The first-order chi connectivity index (χ1) is 15.5. The molecule has 32 heavy (non-hydrogen) atoms. The fourth-order valence-corrected chi connectivity index (χ4v) is 4.98. The van der Waals surface area contributed by atoms with E-state index in [1.165, 1.54) is 0 Å². The van der Waals surface area contributed by atoms with Gasteiger partial charge in [-0.25, -0.2) is 0 Å². The first kappa shape index (κ1) is 22.3. The molecule has 3 fully saturated rings. The molecule has 1 aliphatic carbocycles. The molecule has 0 spiro atoms. The van der Waals surface area contributed by atoms with Gasteiger partial charge in [-0.15, -0.1) is 0 Å². The van der Waals surface area contributed by atoms with Crippen LogP contribution in [-0.2, 0) is 14.4 Å². The number of hydrogen-bond donors (Lipinski definition) is 2. The van der Waals surface area contributed by atoms with Gasteiger partial charge < -0.3 is 20.4 Å². The van der Waals surface area contributed by atoms with E-state index in [2.05, 4.69) is 10.6 Å². The van der Waals surface area contributed by atoms with Gasteiger partial charge in [0.15, 0.2) is 0 Å². The maximum Gasteiger partial charge on any atom is 0.253 e.